The van der Waals surface area contributed by atoms with Crippen molar-refractivity contribution in [2.45, 2.75) is 37.6 Å². The zero-order valence-corrected chi connectivity index (χ0v) is 15.7. The second-order valence-electron chi connectivity index (χ2n) is 7.31. The third-order valence-electron chi connectivity index (χ3n) is 5.13. The molecule has 1 fully saturated rings. The van der Waals surface area contributed by atoms with Gasteiger partial charge >= 0.3 is 6.18 Å². The third kappa shape index (κ3) is 4.37. The molecule has 1 aliphatic carbocycles. The monoisotopic (exact) mass is 418 g/mol. The van der Waals surface area contributed by atoms with Crippen LogP contribution in [0.5, 0.6) is 5.75 Å². The number of aromatic nitrogens is 1. The first kappa shape index (κ1) is 20.1. The Morgan fingerprint density at radius 1 is 1.17 bits per heavy atom. The van der Waals surface area contributed by atoms with E-state index in [0.29, 0.717) is 18.9 Å². The van der Waals surface area contributed by atoms with E-state index in [2.05, 4.69) is 10.3 Å². The van der Waals surface area contributed by atoms with Gasteiger partial charge in [-0.2, -0.15) is 13.2 Å². The first-order valence-electron chi connectivity index (χ1n) is 9.44. The minimum absolute atomic E-state index is 0.0390. The molecule has 2 aromatic carbocycles. The van der Waals surface area contributed by atoms with E-state index in [1.807, 2.05) is 24.3 Å². The van der Waals surface area contributed by atoms with Gasteiger partial charge in [0.1, 0.15) is 17.7 Å². The number of halogens is 4. The highest BCUT2D eigenvalue weighted by atomic mass is 19.4. The molecular formula is C22H18F4N2O2. The Morgan fingerprint density at radius 3 is 2.73 bits per heavy atom. The Morgan fingerprint density at radius 2 is 1.97 bits per heavy atom. The number of carbonyl (C=O) groups excluding carboxylic acids is 1. The molecule has 0 spiro atoms. The van der Waals surface area contributed by atoms with Crippen LogP contribution >= 0.6 is 0 Å². The summed E-state index contributed by atoms with van der Waals surface area (Å²) in [4.78, 5) is 16.5. The van der Waals surface area contributed by atoms with E-state index in [4.69, 9.17) is 4.74 Å². The van der Waals surface area contributed by atoms with Crippen LogP contribution in [0.4, 0.5) is 17.6 Å². The molecule has 4 rings (SSSR count). The fourth-order valence-electron chi connectivity index (χ4n) is 3.56. The number of rotatable bonds is 5. The maximum atomic E-state index is 13.4. The Kier molecular flexibility index (Phi) is 5.32. The van der Waals surface area contributed by atoms with Crippen molar-refractivity contribution in [2.24, 2.45) is 0 Å². The molecule has 30 heavy (non-hydrogen) atoms. The predicted molar refractivity (Wildman–Crippen MR) is 102 cm³/mol. The largest absolute Gasteiger partial charge is 0.490 e. The van der Waals surface area contributed by atoms with Crippen LogP contribution in [0.2, 0.25) is 0 Å². The van der Waals surface area contributed by atoms with Crippen molar-refractivity contribution in [1.29, 1.82) is 0 Å². The summed E-state index contributed by atoms with van der Waals surface area (Å²) < 4.78 is 57.3. The lowest BCUT2D eigenvalue weighted by Gasteiger charge is -2.36. The van der Waals surface area contributed by atoms with Gasteiger partial charge in [0.15, 0.2) is 0 Å². The highest BCUT2D eigenvalue weighted by Crippen LogP contribution is 2.35. The standard InChI is InChI=1S/C22H18F4N2O2/c23-20-5-4-16(11-19(20)22(24,25)26)30-17-9-15(10-17)28-21(29)8-13-2-1-3-14-12-27-7-6-18(13)14/h1-7,11-12,15,17H,8-10H2,(H,28,29). The summed E-state index contributed by atoms with van der Waals surface area (Å²) in [7, 11) is 0. The molecule has 1 N–H and O–H groups in total. The highest BCUT2D eigenvalue weighted by Gasteiger charge is 2.36. The van der Waals surface area contributed by atoms with E-state index in [-0.39, 0.29) is 30.2 Å². The van der Waals surface area contributed by atoms with Gasteiger partial charge in [-0.1, -0.05) is 18.2 Å². The number of hydrogen-bond acceptors (Lipinski definition) is 3. The molecule has 4 nitrogen and oxygen atoms in total. The number of fused-ring (bicyclic) bond motifs is 1. The van der Waals surface area contributed by atoms with E-state index in [0.717, 1.165) is 22.4 Å². The molecule has 0 unspecified atom stereocenters. The zero-order chi connectivity index (χ0) is 21.3. The quantitative estimate of drug-likeness (QED) is 0.613. The Labute approximate surface area is 169 Å². The van der Waals surface area contributed by atoms with Crippen molar-refractivity contribution in [3.8, 4) is 5.75 Å². The van der Waals surface area contributed by atoms with Crippen LogP contribution in [-0.4, -0.2) is 23.0 Å². The molecule has 3 aromatic rings. The van der Waals surface area contributed by atoms with Gasteiger partial charge in [0.25, 0.3) is 0 Å². The molecule has 1 aliphatic rings. The summed E-state index contributed by atoms with van der Waals surface area (Å²) in [5.74, 6) is -1.51. The van der Waals surface area contributed by atoms with Crippen molar-refractivity contribution in [2.75, 3.05) is 0 Å². The lowest BCUT2D eigenvalue weighted by molar-refractivity contribution is -0.140. The summed E-state index contributed by atoms with van der Waals surface area (Å²) >= 11 is 0. The van der Waals surface area contributed by atoms with Gasteiger partial charge in [0.05, 0.1) is 12.0 Å². The molecule has 1 aromatic heterocycles. The van der Waals surface area contributed by atoms with Gasteiger partial charge < -0.3 is 10.1 Å². The molecule has 156 valence electrons. The van der Waals surface area contributed by atoms with E-state index in [1.54, 1.807) is 12.4 Å². The Bertz CT molecular complexity index is 1070. The fourth-order valence-corrected chi connectivity index (χ4v) is 3.56. The minimum atomic E-state index is -4.78. The number of ether oxygens (including phenoxy) is 1. The van der Waals surface area contributed by atoms with Gasteiger partial charge in [-0.25, -0.2) is 4.39 Å². The van der Waals surface area contributed by atoms with Crippen LogP contribution < -0.4 is 10.1 Å². The van der Waals surface area contributed by atoms with Crippen LogP contribution in [0.25, 0.3) is 10.8 Å². The summed E-state index contributed by atoms with van der Waals surface area (Å²) in [5, 5.41) is 4.84. The first-order valence-corrected chi connectivity index (χ1v) is 9.44. The van der Waals surface area contributed by atoms with Crippen LogP contribution in [0.1, 0.15) is 24.0 Å². The molecule has 1 saturated carbocycles. The topological polar surface area (TPSA) is 51.2 Å². The summed E-state index contributed by atoms with van der Waals surface area (Å²) in [6.07, 6.45) is -0.520. The maximum absolute atomic E-state index is 13.4. The van der Waals surface area contributed by atoms with E-state index in [9.17, 15) is 22.4 Å². The number of benzene rings is 2. The maximum Gasteiger partial charge on any atom is 0.419 e. The number of hydrogen-bond donors (Lipinski definition) is 1. The SMILES string of the molecule is O=C(Cc1cccc2cnccc12)NC1CC(Oc2ccc(F)c(C(F)(F)F)c2)C1. The van der Waals surface area contributed by atoms with Gasteiger partial charge in [0, 0.05) is 36.7 Å². The molecule has 0 aliphatic heterocycles. The molecular weight excluding hydrogens is 400 g/mol. The molecule has 1 heterocycles. The van der Waals surface area contributed by atoms with Crippen molar-refractivity contribution in [1.82, 2.24) is 10.3 Å². The second kappa shape index (κ2) is 7.93. The fraction of sp³-hybridized carbons (Fsp3) is 0.273. The van der Waals surface area contributed by atoms with Crippen LogP contribution in [0.3, 0.4) is 0 Å². The molecule has 8 heteroatoms. The zero-order valence-electron chi connectivity index (χ0n) is 15.7. The Balaban J connectivity index is 1.30. The van der Waals surface area contributed by atoms with Gasteiger partial charge in [-0.3, -0.25) is 9.78 Å². The molecule has 1 amide bonds. The molecule has 0 atom stereocenters. The van der Waals surface area contributed by atoms with Crippen LogP contribution in [-0.2, 0) is 17.4 Å². The average molecular weight is 418 g/mol. The lowest BCUT2D eigenvalue weighted by atomic mass is 9.89. The summed E-state index contributed by atoms with van der Waals surface area (Å²) in [6, 6.07) is 10.0. The number of alkyl halides is 3. The van der Waals surface area contributed by atoms with E-state index in [1.165, 1.54) is 6.07 Å². The average Bonchev–Trinajstić information content (AvgIpc) is 2.67. The lowest BCUT2D eigenvalue weighted by Crippen LogP contribution is -2.49. The predicted octanol–water partition coefficient (Wildman–Crippen LogP) is 4.66. The van der Waals surface area contributed by atoms with E-state index >= 15 is 0 Å². The first-order chi connectivity index (χ1) is 14.3. The number of carbonyl (C=O) groups is 1. The minimum Gasteiger partial charge on any atom is -0.490 e. The molecule has 0 radical (unpaired) electrons. The smallest absolute Gasteiger partial charge is 0.419 e. The van der Waals surface area contributed by atoms with Crippen LogP contribution in [0, 0.1) is 5.82 Å². The number of pyridine rings is 1. The Hall–Kier alpha value is -3.16. The van der Waals surface area contributed by atoms with Gasteiger partial charge in [-0.15, -0.1) is 0 Å². The van der Waals surface area contributed by atoms with Gasteiger partial charge in [0.2, 0.25) is 5.91 Å². The van der Waals surface area contributed by atoms with Crippen molar-refractivity contribution in [3.05, 3.63) is 71.8 Å². The molecule has 0 bridgehead atoms. The second-order valence-corrected chi connectivity index (χ2v) is 7.31. The van der Waals surface area contributed by atoms with Crippen LogP contribution in [0.15, 0.2) is 54.9 Å². The summed E-state index contributed by atoms with van der Waals surface area (Å²) in [5.41, 5.74) is -0.458. The molecule has 0 saturated heterocycles. The summed E-state index contributed by atoms with van der Waals surface area (Å²) in [6.45, 7) is 0. The van der Waals surface area contributed by atoms with E-state index < -0.39 is 17.6 Å². The number of nitrogens with one attached hydrogen (secondary N) is 1. The third-order valence-corrected chi connectivity index (χ3v) is 5.13. The van der Waals surface area contributed by atoms with Crippen molar-refractivity contribution in [3.63, 3.8) is 0 Å². The normalized spacial score (nSPS) is 18.7. The van der Waals surface area contributed by atoms with Crippen molar-refractivity contribution >= 4 is 16.7 Å². The number of nitrogens with zero attached hydrogens (tertiary/aromatic N) is 1. The van der Waals surface area contributed by atoms with Crippen molar-refractivity contribution < 1.29 is 27.1 Å². The highest BCUT2D eigenvalue weighted by molar-refractivity contribution is 5.89. The van der Waals surface area contributed by atoms with Gasteiger partial charge in [-0.05, 0) is 35.2 Å². The number of amides is 1.